The van der Waals surface area contributed by atoms with Crippen LogP contribution in [0.1, 0.15) is 64.2 Å². The van der Waals surface area contributed by atoms with E-state index in [9.17, 15) is 19.2 Å². The fourth-order valence-electron chi connectivity index (χ4n) is 2.95. The zero-order valence-corrected chi connectivity index (χ0v) is 14.9. The summed E-state index contributed by atoms with van der Waals surface area (Å²) in [5.41, 5.74) is 0.664. The number of aromatic amines is 1. The minimum Gasteiger partial charge on any atom is -0.287 e. The Balaban J connectivity index is 2.81. The maximum atomic E-state index is 13.1. The van der Waals surface area contributed by atoms with E-state index in [1.54, 1.807) is 26.0 Å². The van der Waals surface area contributed by atoms with Crippen molar-refractivity contribution in [3.05, 3.63) is 67.0 Å². The number of ketones is 1. The first kappa shape index (κ1) is 18.6. The normalized spacial score (nSPS) is 10.7. The van der Waals surface area contributed by atoms with Gasteiger partial charge in [-0.15, -0.1) is 0 Å². The summed E-state index contributed by atoms with van der Waals surface area (Å²) in [7, 11) is 0. The van der Waals surface area contributed by atoms with Crippen LogP contribution < -0.4 is 11.2 Å². The smallest absolute Gasteiger partial charge is 0.287 e. The third-order valence-electron chi connectivity index (χ3n) is 3.97. The number of rotatable bonds is 5. The molecule has 25 heavy (non-hydrogen) atoms. The number of carbonyl (C=O) groups excluding carboxylic acids is 2. The Kier molecular flexibility index (Phi) is 5.51. The fourth-order valence-corrected chi connectivity index (χ4v) is 2.95. The van der Waals surface area contributed by atoms with Crippen molar-refractivity contribution in [1.29, 1.82) is 0 Å². The van der Waals surface area contributed by atoms with Gasteiger partial charge in [0.25, 0.3) is 5.56 Å². The van der Waals surface area contributed by atoms with E-state index >= 15 is 0 Å². The second-order valence-electron chi connectivity index (χ2n) is 6.12. The van der Waals surface area contributed by atoms with Crippen LogP contribution in [0.3, 0.4) is 0 Å². The summed E-state index contributed by atoms with van der Waals surface area (Å²) in [5.74, 6) is -0.984. The van der Waals surface area contributed by atoms with E-state index in [-0.39, 0.29) is 24.1 Å². The highest BCUT2D eigenvalue weighted by Gasteiger charge is 2.25. The minimum atomic E-state index is -0.867. The van der Waals surface area contributed by atoms with Crippen molar-refractivity contribution in [1.82, 2.24) is 9.55 Å². The van der Waals surface area contributed by atoms with Crippen LogP contribution in [-0.2, 0) is 6.42 Å². The lowest BCUT2D eigenvalue weighted by Gasteiger charge is -2.14. The molecule has 1 aromatic carbocycles. The third-order valence-corrected chi connectivity index (χ3v) is 3.97. The van der Waals surface area contributed by atoms with Gasteiger partial charge in [0, 0.05) is 17.5 Å². The zero-order chi connectivity index (χ0) is 18.7. The first-order chi connectivity index (χ1) is 11.8. The standard InChI is InChI=1S/C19H22N2O4/c1-5-7-15(22)21-16(14(6-2)18(24)20-19(21)25)17(23)13-9-11(3)8-12(4)10-13/h8-10H,5-7H2,1-4H3,(H,20,24,25). The number of nitrogens with one attached hydrogen (secondary N) is 1. The van der Waals surface area contributed by atoms with Gasteiger partial charge in [0.1, 0.15) is 5.69 Å². The maximum absolute atomic E-state index is 13.1. The van der Waals surface area contributed by atoms with Crippen LogP contribution in [0.4, 0.5) is 0 Å². The van der Waals surface area contributed by atoms with Crippen molar-refractivity contribution >= 4 is 11.7 Å². The Morgan fingerprint density at radius 2 is 1.64 bits per heavy atom. The predicted octanol–water partition coefficient (Wildman–Crippen LogP) is 2.39. The molecule has 0 amide bonds. The third kappa shape index (κ3) is 3.68. The van der Waals surface area contributed by atoms with E-state index in [4.69, 9.17) is 0 Å². The van der Waals surface area contributed by atoms with Crippen LogP contribution in [0, 0.1) is 13.8 Å². The molecule has 1 heterocycles. The molecular formula is C19H22N2O4. The Morgan fingerprint density at radius 1 is 1.04 bits per heavy atom. The highest BCUT2D eigenvalue weighted by molar-refractivity contribution is 6.10. The van der Waals surface area contributed by atoms with Gasteiger partial charge in [-0.1, -0.05) is 31.0 Å². The average molecular weight is 342 g/mol. The molecule has 0 aliphatic carbocycles. The van der Waals surface area contributed by atoms with Crippen molar-refractivity contribution < 1.29 is 9.59 Å². The molecule has 1 aromatic heterocycles. The largest absolute Gasteiger partial charge is 0.335 e. The molecule has 6 nitrogen and oxygen atoms in total. The molecule has 0 saturated heterocycles. The van der Waals surface area contributed by atoms with Gasteiger partial charge in [0.15, 0.2) is 0 Å². The molecule has 0 unspecified atom stereocenters. The van der Waals surface area contributed by atoms with Gasteiger partial charge in [0.05, 0.1) is 0 Å². The van der Waals surface area contributed by atoms with Gasteiger partial charge in [-0.05, 0) is 38.8 Å². The second-order valence-corrected chi connectivity index (χ2v) is 6.12. The van der Waals surface area contributed by atoms with Crippen LogP contribution in [0.15, 0.2) is 27.8 Å². The minimum absolute atomic E-state index is 0.113. The van der Waals surface area contributed by atoms with Gasteiger partial charge in [-0.25, -0.2) is 9.36 Å². The lowest BCUT2D eigenvalue weighted by molar-refractivity contribution is 0.0874. The number of hydrogen-bond acceptors (Lipinski definition) is 4. The van der Waals surface area contributed by atoms with Crippen LogP contribution in [0.25, 0.3) is 0 Å². The van der Waals surface area contributed by atoms with Crippen molar-refractivity contribution in [2.45, 2.75) is 47.0 Å². The van der Waals surface area contributed by atoms with E-state index in [1.807, 2.05) is 19.9 Å². The van der Waals surface area contributed by atoms with Crippen LogP contribution in [0.5, 0.6) is 0 Å². The summed E-state index contributed by atoms with van der Waals surface area (Å²) in [6.45, 7) is 7.23. The average Bonchev–Trinajstić information content (AvgIpc) is 2.52. The molecule has 0 saturated carbocycles. The molecule has 1 N–H and O–H groups in total. The van der Waals surface area contributed by atoms with Crippen molar-refractivity contribution in [2.75, 3.05) is 0 Å². The van der Waals surface area contributed by atoms with E-state index in [2.05, 4.69) is 4.98 Å². The van der Waals surface area contributed by atoms with E-state index < -0.39 is 22.9 Å². The van der Waals surface area contributed by atoms with Crippen LogP contribution in [-0.4, -0.2) is 21.2 Å². The molecule has 132 valence electrons. The first-order valence-electron chi connectivity index (χ1n) is 8.34. The lowest BCUT2D eigenvalue weighted by Crippen LogP contribution is -2.40. The molecular weight excluding hydrogens is 320 g/mol. The van der Waals surface area contributed by atoms with Gasteiger partial charge < -0.3 is 0 Å². The predicted molar refractivity (Wildman–Crippen MR) is 95.6 cm³/mol. The van der Waals surface area contributed by atoms with E-state index in [0.29, 0.717) is 12.0 Å². The number of aryl methyl sites for hydroxylation is 2. The number of benzene rings is 1. The van der Waals surface area contributed by atoms with Crippen molar-refractivity contribution in [2.24, 2.45) is 0 Å². The van der Waals surface area contributed by atoms with E-state index in [0.717, 1.165) is 15.7 Å². The molecule has 0 bridgehead atoms. The Hall–Kier alpha value is -2.76. The summed E-state index contributed by atoms with van der Waals surface area (Å²) >= 11 is 0. The molecule has 0 fully saturated rings. The molecule has 6 heteroatoms. The summed E-state index contributed by atoms with van der Waals surface area (Å²) in [6, 6.07) is 5.30. The number of nitrogens with zero attached hydrogens (tertiary/aromatic N) is 1. The van der Waals surface area contributed by atoms with Gasteiger partial charge >= 0.3 is 5.69 Å². The second kappa shape index (κ2) is 7.42. The summed E-state index contributed by atoms with van der Waals surface area (Å²) in [6.07, 6.45) is 0.881. The number of H-pyrrole nitrogens is 1. The fraction of sp³-hybridized carbons (Fsp3) is 0.368. The maximum Gasteiger partial charge on any atom is 0.335 e. The highest BCUT2D eigenvalue weighted by Crippen LogP contribution is 2.16. The van der Waals surface area contributed by atoms with Crippen molar-refractivity contribution in [3.63, 3.8) is 0 Å². The lowest BCUT2D eigenvalue weighted by atomic mass is 9.99. The molecule has 2 rings (SSSR count). The number of hydrogen-bond donors (Lipinski definition) is 1. The number of carbonyl (C=O) groups is 2. The van der Waals surface area contributed by atoms with Crippen LogP contribution >= 0.6 is 0 Å². The summed E-state index contributed by atoms with van der Waals surface area (Å²) in [5, 5.41) is 0. The molecule has 2 aromatic rings. The Morgan fingerprint density at radius 3 is 2.16 bits per heavy atom. The zero-order valence-electron chi connectivity index (χ0n) is 14.9. The van der Waals surface area contributed by atoms with Crippen LogP contribution in [0.2, 0.25) is 0 Å². The quantitative estimate of drug-likeness (QED) is 0.845. The number of aromatic nitrogens is 2. The Bertz CT molecular complexity index is 931. The molecule has 0 aliphatic heterocycles. The first-order valence-corrected chi connectivity index (χ1v) is 8.34. The van der Waals surface area contributed by atoms with Crippen molar-refractivity contribution in [3.8, 4) is 0 Å². The molecule has 0 radical (unpaired) electrons. The molecule has 0 atom stereocenters. The molecule has 0 aliphatic rings. The van der Waals surface area contributed by atoms with E-state index in [1.165, 1.54) is 0 Å². The SMILES string of the molecule is CCCC(=O)n1c(C(=O)c2cc(C)cc(C)c2)c(CC)c(=O)[nH]c1=O. The summed E-state index contributed by atoms with van der Waals surface area (Å²) in [4.78, 5) is 52.1. The Labute approximate surface area is 145 Å². The van der Waals surface area contributed by atoms with Gasteiger partial charge in [0.2, 0.25) is 11.7 Å². The van der Waals surface area contributed by atoms with Gasteiger partial charge in [-0.3, -0.25) is 19.4 Å². The topological polar surface area (TPSA) is 89.0 Å². The molecule has 0 spiro atoms. The van der Waals surface area contributed by atoms with Gasteiger partial charge in [-0.2, -0.15) is 0 Å². The monoisotopic (exact) mass is 342 g/mol. The summed E-state index contributed by atoms with van der Waals surface area (Å²) < 4.78 is 0.823. The highest BCUT2D eigenvalue weighted by atomic mass is 16.2.